The maximum absolute atomic E-state index is 4.30. The normalized spacial score (nSPS) is 23.6. The van der Waals surface area contributed by atoms with E-state index in [-0.39, 0.29) is 0 Å². The number of aromatic nitrogens is 1. The molecular weight excluding hydrogens is 248 g/mol. The largest absolute Gasteiger partial charge is 0.356 e. The van der Waals surface area contributed by atoms with Crippen LogP contribution >= 0.6 is 0 Å². The molecule has 2 rings (SSSR count). The SMILES string of the molecule is CN=C(NCCn1cccc1)NCC1CCCCC1C. The van der Waals surface area contributed by atoms with Crippen molar-refractivity contribution in [2.75, 3.05) is 20.1 Å². The molecule has 4 nitrogen and oxygen atoms in total. The minimum atomic E-state index is 0.798. The lowest BCUT2D eigenvalue weighted by molar-refractivity contribution is 0.256. The lowest BCUT2D eigenvalue weighted by Crippen LogP contribution is -2.42. The Morgan fingerprint density at radius 1 is 1.20 bits per heavy atom. The Labute approximate surface area is 122 Å². The van der Waals surface area contributed by atoms with Crippen LogP contribution in [0.25, 0.3) is 0 Å². The number of aliphatic imine (C=N–C) groups is 1. The van der Waals surface area contributed by atoms with E-state index in [4.69, 9.17) is 0 Å². The zero-order valence-corrected chi connectivity index (χ0v) is 12.8. The van der Waals surface area contributed by atoms with Gasteiger partial charge in [0.05, 0.1) is 0 Å². The van der Waals surface area contributed by atoms with E-state index < -0.39 is 0 Å². The molecule has 0 radical (unpaired) electrons. The standard InChI is InChI=1S/C16H28N4/c1-14-7-3-4-8-15(14)13-19-16(17-2)18-9-12-20-10-5-6-11-20/h5-6,10-11,14-15H,3-4,7-9,12-13H2,1-2H3,(H2,17,18,19). The molecule has 1 heterocycles. The van der Waals surface area contributed by atoms with E-state index in [1.807, 2.05) is 7.05 Å². The van der Waals surface area contributed by atoms with Crippen LogP contribution in [-0.4, -0.2) is 30.7 Å². The van der Waals surface area contributed by atoms with Crippen molar-refractivity contribution < 1.29 is 0 Å². The van der Waals surface area contributed by atoms with Crippen molar-refractivity contribution in [1.29, 1.82) is 0 Å². The van der Waals surface area contributed by atoms with Gasteiger partial charge < -0.3 is 15.2 Å². The van der Waals surface area contributed by atoms with E-state index in [1.54, 1.807) is 0 Å². The van der Waals surface area contributed by atoms with Gasteiger partial charge in [-0.05, 0) is 30.4 Å². The summed E-state index contributed by atoms with van der Waals surface area (Å²) < 4.78 is 2.17. The van der Waals surface area contributed by atoms with E-state index in [0.717, 1.165) is 37.4 Å². The molecule has 0 bridgehead atoms. The first kappa shape index (κ1) is 14.9. The van der Waals surface area contributed by atoms with Crippen molar-refractivity contribution in [2.45, 2.75) is 39.2 Å². The number of hydrogen-bond acceptors (Lipinski definition) is 1. The smallest absolute Gasteiger partial charge is 0.191 e. The molecule has 2 atom stereocenters. The van der Waals surface area contributed by atoms with E-state index in [2.05, 4.69) is 51.6 Å². The molecule has 0 saturated heterocycles. The van der Waals surface area contributed by atoms with Gasteiger partial charge in [-0.25, -0.2) is 0 Å². The minimum Gasteiger partial charge on any atom is -0.356 e. The van der Waals surface area contributed by atoms with Crippen LogP contribution < -0.4 is 10.6 Å². The Hall–Kier alpha value is -1.45. The highest BCUT2D eigenvalue weighted by Crippen LogP contribution is 2.28. The molecule has 1 aromatic rings. The molecule has 2 unspecified atom stereocenters. The molecule has 2 N–H and O–H groups in total. The highest BCUT2D eigenvalue weighted by molar-refractivity contribution is 5.79. The molecule has 1 aliphatic carbocycles. The zero-order valence-electron chi connectivity index (χ0n) is 12.8. The highest BCUT2D eigenvalue weighted by Gasteiger charge is 2.21. The van der Waals surface area contributed by atoms with Crippen LogP contribution in [0, 0.1) is 11.8 Å². The van der Waals surface area contributed by atoms with E-state index >= 15 is 0 Å². The molecule has 1 fully saturated rings. The van der Waals surface area contributed by atoms with Crippen molar-refractivity contribution in [3.05, 3.63) is 24.5 Å². The third-order valence-electron chi connectivity index (χ3n) is 4.37. The van der Waals surface area contributed by atoms with Gasteiger partial charge in [0.1, 0.15) is 0 Å². The summed E-state index contributed by atoms with van der Waals surface area (Å²) in [5, 5.41) is 6.86. The Kier molecular flexibility index (Phi) is 5.96. The van der Waals surface area contributed by atoms with Crippen molar-refractivity contribution in [3.8, 4) is 0 Å². The quantitative estimate of drug-likeness (QED) is 0.641. The van der Waals surface area contributed by atoms with Crippen LogP contribution in [0.1, 0.15) is 32.6 Å². The topological polar surface area (TPSA) is 41.4 Å². The van der Waals surface area contributed by atoms with Crippen LogP contribution in [0.5, 0.6) is 0 Å². The summed E-state index contributed by atoms with van der Waals surface area (Å²) >= 11 is 0. The van der Waals surface area contributed by atoms with Crippen molar-refractivity contribution in [1.82, 2.24) is 15.2 Å². The van der Waals surface area contributed by atoms with E-state index in [0.29, 0.717) is 0 Å². The second kappa shape index (κ2) is 7.98. The number of guanidine groups is 1. The van der Waals surface area contributed by atoms with E-state index in [1.165, 1.54) is 25.7 Å². The van der Waals surface area contributed by atoms with Gasteiger partial charge in [0.2, 0.25) is 0 Å². The lowest BCUT2D eigenvalue weighted by atomic mass is 9.80. The number of nitrogens with one attached hydrogen (secondary N) is 2. The number of nitrogens with zero attached hydrogens (tertiary/aromatic N) is 2. The molecule has 1 aromatic heterocycles. The highest BCUT2D eigenvalue weighted by atomic mass is 15.2. The Morgan fingerprint density at radius 3 is 2.65 bits per heavy atom. The van der Waals surface area contributed by atoms with Gasteiger partial charge in [-0.15, -0.1) is 0 Å². The monoisotopic (exact) mass is 276 g/mol. The van der Waals surface area contributed by atoms with Crippen LogP contribution in [0.2, 0.25) is 0 Å². The fourth-order valence-electron chi connectivity index (χ4n) is 2.97. The van der Waals surface area contributed by atoms with Crippen molar-refractivity contribution >= 4 is 5.96 Å². The molecule has 112 valence electrons. The predicted octanol–water partition coefficient (Wildman–Crippen LogP) is 2.48. The summed E-state index contributed by atoms with van der Waals surface area (Å²) in [6.07, 6.45) is 9.70. The predicted molar refractivity (Wildman–Crippen MR) is 84.9 cm³/mol. The average Bonchev–Trinajstić information content (AvgIpc) is 2.97. The van der Waals surface area contributed by atoms with Crippen LogP contribution in [-0.2, 0) is 6.54 Å². The summed E-state index contributed by atoms with van der Waals surface area (Å²) in [6, 6.07) is 4.11. The van der Waals surface area contributed by atoms with Gasteiger partial charge in [-0.1, -0.05) is 26.2 Å². The first-order chi connectivity index (χ1) is 9.79. The zero-order chi connectivity index (χ0) is 14.2. The maximum Gasteiger partial charge on any atom is 0.191 e. The van der Waals surface area contributed by atoms with E-state index in [9.17, 15) is 0 Å². The molecule has 0 spiro atoms. The van der Waals surface area contributed by atoms with Gasteiger partial charge in [0.15, 0.2) is 5.96 Å². The summed E-state index contributed by atoms with van der Waals surface area (Å²) in [5.41, 5.74) is 0. The maximum atomic E-state index is 4.30. The molecule has 1 aliphatic rings. The van der Waals surface area contributed by atoms with Crippen LogP contribution in [0.3, 0.4) is 0 Å². The first-order valence-electron chi connectivity index (χ1n) is 7.85. The average molecular weight is 276 g/mol. The second-order valence-corrected chi connectivity index (χ2v) is 5.82. The molecule has 1 saturated carbocycles. The van der Waals surface area contributed by atoms with Gasteiger partial charge >= 0.3 is 0 Å². The molecular formula is C16H28N4. The van der Waals surface area contributed by atoms with Gasteiger partial charge in [-0.3, -0.25) is 4.99 Å². The third kappa shape index (κ3) is 4.58. The second-order valence-electron chi connectivity index (χ2n) is 5.82. The number of rotatable bonds is 5. The molecule has 4 heteroatoms. The summed E-state index contributed by atoms with van der Waals surface area (Å²) in [7, 11) is 1.84. The fraction of sp³-hybridized carbons (Fsp3) is 0.688. The Bertz CT molecular complexity index is 397. The Balaban J connectivity index is 1.67. The van der Waals surface area contributed by atoms with Gasteiger partial charge in [0, 0.05) is 39.1 Å². The van der Waals surface area contributed by atoms with Crippen molar-refractivity contribution in [3.63, 3.8) is 0 Å². The fourth-order valence-corrected chi connectivity index (χ4v) is 2.97. The molecule has 20 heavy (non-hydrogen) atoms. The van der Waals surface area contributed by atoms with Crippen LogP contribution in [0.4, 0.5) is 0 Å². The summed E-state index contributed by atoms with van der Waals surface area (Å²) in [5.74, 6) is 2.57. The van der Waals surface area contributed by atoms with Crippen molar-refractivity contribution in [2.24, 2.45) is 16.8 Å². The first-order valence-corrected chi connectivity index (χ1v) is 7.85. The summed E-state index contributed by atoms with van der Waals surface area (Å²) in [4.78, 5) is 4.30. The van der Waals surface area contributed by atoms with Gasteiger partial charge in [-0.2, -0.15) is 0 Å². The van der Waals surface area contributed by atoms with Gasteiger partial charge in [0.25, 0.3) is 0 Å². The third-order valence-corrected chi connectivity index (χ3v) is 4.37. The number of hydrogen-bond donors (Lipinski definition) is 2. The minimum absolute atomic E-state index is 0.798. The molecule has 0 amide bonds. The molecule has 0 aromatic carbocycles. The Morgan fingerprint density at radius 2 is 1.95 bits per heavy atom. The summed E-state index contributed by atoms with van der Waals surface area (Å²) in [6.45, 7) is 5.29. The molecule has 0 aliphatic heterocycles. The van der Waals surface area contributed by atoms with Crippen LogP contribution in [0.15, 0.2) is 29.5 Å². The lowest BCUT2D eigenvalue weighted by Gasteiger charge is -2.29.